The predicted octanol–water partition coefficient (Wildman–Crippen LogP) is 3.31. The van der Waals surface area contributed by atoms with Gasteiger partial charge in [-0.25, -0.2) is 0 Å². The molecule has 0 radical (unpaired) electrons. The van der Waals surface area contributed by atoms with Crippen LogP contribution in [0.1, 0.15) is 32.7 Å². The van der Waals surface area contributed by atoms with Crippen LogP contribution >= 0.6 is 0 Å². The molecule has 0 saturated carbocycles. The number of aryl methyl sites for hydroxylation is 4. The molecule has 144 valence electrons. The van der Waals surface area contributed by atoms with Gasteiger partial charge < -0.3 is 4.74 Å². The van der Waals surface area contributed by atoms with Gasteiger partial charge in [0.05, 0.1) is 11.1 Å². The highest BCUT2D eigenvalue weighted by molar-refractivity contribution is 6.06. The van der Waals surface area contributed by atoms with Crippen LogP contribution in [-0.2, 0) is 4.79 Å². The lowest BCUT2D eigenvalue weighted by molar-refractivity contribution is -0.123. The molecule has 0 aliphatic heterocycles. The van der Waals surface area contributed by atoms with E-state index in [2.05, 4.69) is 15.8 Å². The Morgan fingerprint density at radius 2 is 1.71 bits per heavy atom. The number of amides is 2. The molecule has 2 aromatic carbocycles. The van der Waals surface area contributed by atoms with Gasteiger partial charge in [0.1, 0.15) is 5.75 Å². The third-order valence-electron chi connectivity index (χ3n) is 4.50. The fraction of sp³-hybridized carbons (Fsp3) is 0.227. The van der Waals surface area contributed by atoms with Crippen molar-refractivity contribution in [3.05, 3.63) is 70.4 Å². The number of nitrogens with zero attached hydrogens (tertiary/aromatic N) is 1. The zero-order valence-electron chi connectivity index (χ0n) is 16.4. The van der Waals surface area contributed by atoms with E-state index in [-0.39, 0.29) is 6.61 Å². The first-order valence-corrected chi connectivity index (χ1v) is 9.01. The number of hydrogen-bond acceptors (Lipinski definition) is 4. The third-order valence-corrected chi connectivity index (χ3v) is 4.50. The van der Waals surface area contributed by atoms with Gasteiger partial charge in [0.25, 0.3) is 11.8 Å². The van der Waals surface area contributed by atoms with Crippen molar-refractivity contribution in [2.24, 2.45) is 0 Å². The highest BCUT2D eigenvalue weighted by Crippen LogP contribution is 2.20. The van der Waals surface area contributed by atoms with Crippen molar-refractivity contribution in [3.63, 3.8) is 0 Å². The van der Waals surface area contributed by atoms with Gasteiger partial charge in [-0.1, -0.05) is 17.7 Å². The van der Waals surface area contributed by atoms with Crippen LogP contribution in [0.4, 0.5) is 0 Å². The Morgan fingerprint density at radius 3 is 2.46 bits per heavy atom. The first-order chi connectivity index (χ1) is 13.3. The summed E-state index contributed by atoms with van der Waals surface area (Å²) in [6, 6.07) is 13.0. The summed E-state index contributed by atoms with van der Waals surface area (Å²) in [5.74, 6) is -0.241. The lowest BCUT2D eigenvalue weighted by Crippen LogP contribution is -2.43. The molecule has 3 aromatic rings. The number of carbonyl (C=O) groups is 2. The van der Waals surface area contributed by atoms with Crippen LogP contribution in [0, 0.1) is 27.7 Å². The van der Waals surface area contributed by atoms with Gasteiger partial charge in [0, 0.05) is 11.1 Å². The van der Waals surface area contributed by atoms with Gasteiger partial charge in [-0.15, -0.1) is 0 Å². The molecule has 0 atom stereocenters. The zero-order chi connectivity index (χ0) is 20.3. The Labute approximate surface area is 163 Å². The number of ether oxygens (including phenoxy) is 1. The molecule has 28 heavy (non-hydrogen) atoms. The van der Waals surface area contributed by atoms with Crippen LogP contribution in [0.3, 0.4) is 0 Å². The monoisotopic (exact) mass is 377 g/mol. The number of pyridine rings is 1. The van der Waals surface area contributed by atoms with E-state index in [9.17, 15) is 9.59 Å². The highest BCUT2D eigenvalue weighted by atomic mass is 16.5. The number of fused-ring (bicyclic) bond motifs is 1. The van der Waals surface area contributed by atoms with Gasteiger partial charge in [0.2, 0.25) is 0 Å². The van der Waals surface area contributed by atoms with Gasteiger partial charge in [0.15, 0.2) is 6.61 Å². The van der Waals surface area contributed by atoms with Crippen molar-refractivity contribution >= 4 is 22.7 Å². The quantitative estimate of drug-likeness (QED) is 0.684. The average molecular weight is 377 g/mol. The van der Waals surface area contributed by atoms with Gasteiger partial charge >= 0.3 is 0 Å². The predicted molar refractivity (Wildman–Crippen MR) is 108 cm³/mol. The summed E-state index contributed by atoms with van der Waals surface area (Å²) in [5, 5.41) is 0.740. The largest absolute Gasteiger partial charge is 0.484 e. The fourth-order valence-electron chi connectivity index (χ4n) is 2.84. The Morgan fingerprint density at radius 1 is 0.929 bits per heavy atom. The number of aromatic nitrogens is 1. The topological polar surface area (TPSA) is 80.3 Å². The molecule has 6 nitrogen and oxygen atoms in total. The minimum Gasteiger partial charge on any atom is -0.484 e. The van der Waals surface area contributed by atoms with Crippen LogP contribution in [0.5, 0.6) is 5.75 Å². The molecule has 1 heterocycles. The van der Waals surface area contributed by atoms with Crippen molar-refractivity contribution in [1.29, 1.82) is 0 Å². The van der Waals surface area contributed by atoms with E-state index >= 15 is 0 Å². The number of rotatable bonds is 4. The van der Waals surface area contributed by atoms with Crippen molar-refractivity contribution in [2.45, 2.75) is 27.7 Å². The first kappa shape index (κ1) is 19.4. The van der Waals surface area contributed by atoms with Crippen molar-refractivity contribution in [1.82, 2.24) is 15.8 Å². The Hall–Kier alpha value is -3.41. The van der Waals surface area contributed by atoms with E-state index in [4.69, 9.17) is 4.74 Å². The van der Waals surface area contributed by atoms with Crippen LogP contribution < -0.4 is 15.6 Å². The second-order valence-electron chi connectivity index (χ2n) is 6.87. The maximum atomic E-state index is 12.6. The second kappa shape index (κ2) is 8.08. The van der Waals surface area contributed by atoms with E-state index in [1.165, 1.54) is 0 Å². The SMILES string of the molecule is Cc1ccc2nc(C)cc(C(=O)NNC(=O)COc3ccc(C)c(C)c3)c2c1. The molecule has 0 spiro atoms. The Balaban J connectivity index is 1.63. The average Bonchev–Trinajstić information content (AvgIpc) is 2.66. The molecule has 2 N–H and O–H groups in total. The molecule has 1 aromatic heterocycles. The summed E-state index contributed by atoms with van der Waals surface area (Å²) >= 11 is 0. The van der Waals surface area contributed by atoms with E-state index in [0.29, 0.717) is 11.3 Å². The molecule has 0 saturated heterocycles. The number of benzene rings is 2. The molecule has 2 amide bonds. The molecule has 0 bridgehead atoms. The molecule has 6 heteroatoms. The van der Waals surface area contributed by atoms with Gasteiger partial charge in [-0.3, -0.25) is 25.4 Å². The summed E-state index contributed by atoms with van der Waals surface area (Å²) < 4.78 is 5.47. The van der Waals surface area contributed by atoms with Crippen molar-refractivity contribution in [2.75, 3.05) is 6.61 Å². The van der Waals surface area contributed by atoms with Crippen molar-refractivity contribution in [3.8, 4) is 5.75 Å². The molecule has 0 unspecified atom stereocenters. The maximum Gasteiger partial charge on any atom is 0.276 e. The minimum atomic E-state index is -0.446. The van der Waals surface area contributed by atoms with Crippen molar-refractivity contribution < 1.29 is 14.3 Å². The molecule has 0 aliphatic rings. The van der Waals surface area contributed by atoms with Crippen LogP contribution in [-0.4, -0.2) is 23.4 Å². The molecular weight excluding hydrogens is 354 g/mol. The number of hydrazine groups is 1. The lowest BCUT2D eigenvalue weighted by Gasteiger charge is -2.12. The van der Waals surface area contributed by atoms with E-state index < -0.39 is 11.8 Å². The number of hydrogen-bond donors (Lipinski definition) is 2. The van der Waals surface area contributed by atoms with Crippen LogP contribution in [0.2, 0.25) is 0 Å². The number of carbonyl (C=O) groups excluding carboxylic acids is 2. The minimum absolute atomic E-state index is 0.196. The standard InChI is InChI=1S/C22H23N3O3/c1-13-5-8-20-18(9-13)19(11-16(4)23-20)22(27)25-24-21(26)12-28-17-7-6-14(2)15(3)10-17/h5-11H,12H2,1-4H3,(H,24,26)(H,25,27). The van der Waals surface area contributed by atoms with Gasteiger partial charge in [-0.05, 0) is 69.2 Å². The Bertz CT molecular complexity index is 1060. The second-order valence-corrected chi connectivity index (χ2v) is 6.87. The maximum absolute atomic E-state index is 12.6. The molecular formula is C22H23N3O3. The summed E-state index contributed by atoms with van der Waals surface area (Å²) in [4.78, 5) is 29.1. The smallest absolute Gasteiger partial charge is 0.276 e. The summed E-state index contributed by atoms with van der Waals surface area (Å²) in [5.41, 5.74) is 10.0. The van der Waals surface area contributed by atoms with Crippen LogP contribution in [0.25, 0.3) is 10.9 Å². The van der Waals surface area contributed by atoms with E-state index in [1.54, 1.807) is 6.07 Å². The van der Waals surface area contributed by atoms with E-state index in [1.807, 2.05) is 64.1 Å². The summed E-state index contributed by atoms with van der Waals surface area (Å²) in [7, 11) is 0. The van der Waals surface area contributed by atoms with E-state index in [0.717, 1.165) is 33.3 Å². The van der Waals surface area contributed by atoms with Crippen LogP contribution in [0.15, 0.2) is 42.5 Å². The normalized spacial score (nSPS) is 10.6. The van der Waals surface area contributed by atoms with Gasteiger partial charge in [-0.2, -0.15) is 0 Å². The molecule has 0 fully saturated rings. The summed E-state index contributed by atoms with van der Waals surface area (Å²) in [6.07, 6.45) is 0. The lowest BCUT2D eigenvalue weighted by atomic mass is 10.0. The fourth-order valence-corrected chi connectivity index (χ4v) is 2.84. The highest BCUT2D eigenvalue weighted by Gasteiger charge is 2.13. The zero-order valence-corrected chi connectivity index (χ0v) is 16.4. The third kappa shape index (κ3) is 4.46. The first-order valence-electron chi connectivity index (χ1n) is 9.01. The Kier molecular flexibility index (Phi) is 5.59. The molecule has 3 rings (SSSR count). The number of nitrogens with one attached hydrogen (secondary N) is 2. The summed E-state index contributed by atoms with van der Waals surface area (Å²) in [6.45, 7) is 7.57. The molecule has 0 aliphatic carbocycles.